The van der Waals surface area contributed by atoms with Gasteiger partial charge in [0.15, 0.2) is 0 Å². The van der Waals surface area contributed by atoms with Gasteiger partial charge in [-0.25, -0.2) is 0 Å². The summed E-state index contributed by atoms with van der Waals surface area (Å²) >= 11 is -3.25. The standard InChI is InChI=1S/2C25H23.C6H10.2ClH.Zr/c2*1-2-8-18(9-3-1)21-16-20-12-7-15-24(25(20)17-21)23-14-6-11-19-10-4-5-13-22(19)23;1-2-4-6-5-3-1;;;/h2*4-7,10-18H,1-3,8-9H2;1-2H,3-6H2;2*1H;/q;;;;;+2/p-2. The Morgan fingerprint density at radius 1 is 0.356 bits per heavy atom. The van der Waals surface area contributed by atoms with E-state index in [1.54, 1.807) is 22.3 Å². The van der Waals surface area contributed by atoms with Crippen LogP contribution < -0.4 is 24.8 Å². The first-order valence-electron chi connectivity index (χ1n) is 23.0. The third kappa shape index (κ3) is 6.29. The molecule has 4 fully saturated rings. The van der Waals surface area contributed by atoms with Crippen molar-refractivity contribution in [3.8, 4) is 22.3 Å². The van der Waals surface area contributed by atoms with E-state index in [-0.39, 0.29) is 24.8 Å². The third-order valence-electron chi connectivity index (χ3n) is 16.4. The molecule has 1 aliphatic heterocycles. The average molecular weight is 891 g/mol. The maximum absolute atomic E-state index is 3.25. The Morgan fingerprint density at radius 3 is 1.19 bits per heavy atom. The molecule has 0 aromatic heterocycles. The number of halogens is 2. The Labute approximate surface area is 369 Å². The minimum absolute atomic E-state index is 0. The zero-order chi connectivity index (χ0) is 37.5. The van der Waals surface area contributed by atoms with Crippen molar-refractivity contribution in [3.63, 3.8) is 0 Å². The molecule has 1 saturated heterocycles. The second-order valence-electron chi connectivity index (χ2n) is 19.0. The van der Waals surface area contributed by atoms with Crippen LogP contribution in [0.15, 0.2) is 132 Å². The van der Waals surface area contributed by atoms with Crippen LogP contribution in [0.5, 0.6) is 0 Å². The summed E-state index contributed by atoms with van der Waals surface area (Å²) in [5.74, 6) is 1.50. The molecule has 59 heavy (non-hydrogen) atoms. The fraction of sp³-hybridized carbons (Fsp3) is 0.357. The monoisotopic (exact) mass is 888 g/mol. The summed E-state index contributed by atoms with van der Waals surface area (Å²) in [6, 6.07) is 47.5. The molecule has 6 aromatic rings. The van der Waals surface area contributed by atoms with Gasteiger partial charge in [0.25, 0.3) is 0 Å². The van der Waals surface area contributed by atoms with E-state index in [9.17, 15) is 0 Å². The van der Waals surface area contributed by atoms with E-state index in [0.29, 0.717) is 7.25 Å². The Bertz CT molecular complexity index is 2410. The van der Waals surface area contributed by atoms with Crippen molar-refractivity contribution in [2.75, 3.05) is 0 Å². The molecule has 1 heterocycles. The fourth-order valence-electron chi connectivity index (χ4n) is 14.2. The van der Waals surface area contributed by atoms with Gasteiger partial charge < -0.3 is 24.8 Å². The van der Waals surface area contributed by atoms with Crippen molar-refractivity contribution in [2.45, 2.75) is 104 Å². The first-order valence-corrected chi connectivity index (χ1v) is 28.6. The zero-order valence-corrected chi connectivity index (χ0v) is 38.3. The Morgan fingerprint density at radius 2 is 0.729 bits per heavy atom. The van der Waals surface area contributed by atoms with E-state index >= 15 is 0 Å². The van der Waals surface area contributed by atoms with Crippen molar-refractivity contribution < 1.29 is 45.1 Å². The molecule has 0 N–H and O–H groups in total. The number of hydrogen-bond acceptors (Lipinski definition) is 0. The van der Waals surface area contributed by atoms with E-state index in [1.165, 1.54) is 134 Å². The molecule has 0 nitrogen and oxygen atoms in total. The summed E-state index contributed by atoms with van der Waals surface area (Å²) in [5.41, 5.74) is 16.4. The predicted molar refractivity (Wildman–Crippen MR) is 239 cm³/mol. The number of rotatable bonds is 6. The summed E-state index contributed by atoms with van der Waals surface area (Å²) in [6.07, 6.45) is 25.7. The molecule has 6 aliphatic rings. The van der Waals surface area contributed by atoms with Gasteiger partial charge in [0.05, 0.1) is 0 Å². The topological polar surface area (TPSA) is 0 Å². The molecule has 298 valence electrons. The van der Waals surface area contributed by atoms with Gasteiger partial charge in [-0.1, -0.05) is 0 Å². The second-order valence-corrected chi connectivity index (χ2v) is 30.4. The van der Waals surface area contributed by atoms with Gasteiger partial charge >= 0.3 is 347 Å². The van der Waals surface area contributed by atoms with Crippen molar-refractivity contribution in [2.24, 2.45) is 11.8 Å². The summed E-state index contributed by atoms with van der Waals surface area (Å²) in [4.78, 5) is 0. The van der Waals surface area contributed by atoms with Crippen LogP contribution in [-0.4, -0.2) is 0 Å². The summed E-state index contributed by atoms with van der Waals surface area (Å²) in [5, 5.41) is 5.51. The molecule has 0 spiro atoms. The van der Waals surface area contributed by atoms with E-state index in [1.807, 2.05) is 11.1 Å². The van der Waals surface area contributed by atoms with Crippen molar-refractivity contribution in [3.05, 3.63) is 155 Å². The molecule has 3 saturated carbocycles. The first-order chi connectivity index (χ1) is 28.3. The maximum Gasteiger partial charge on any atom is -1.00 e. The predicted octanol–water partition coefficient (Wildman–Crippen LogP) is 10.4. The summed E-state index contributed by atoms with van der Waals surface area (Å²) < 4.78 is 3.40. The minimum Gasteiger partial charge on any atom is -1.00 e. The van der Waals surface area contributed by atoms with Crippen molar-refractivity contribution in [1.29, 1.82) is 0 Å². The molecular formula is C56H56Cl2Zr. The molecule has 0 amide bonds. The Kier molecular flexibility index (Phi) is 11.0. The van der Waals surface area contributed by atoms with Gasteiger partial charge in [0, 0.05) is 0 Å². The maximum atomic E-state index is 2.86. The number of hydrogen-bond donors (Lipinski definition) is 0. The van der Waals surface area contributed by atoms with Crippen LogP contribution in [0.2, 0.25) is 7.25 Å². The van der Waals surface area contributed by atoms with Crippen LogP contribution in [-0.2, 0) is 20.3 Å². The molecule has 4 unspecified atom stereocenters. The normalized spacial score (nSPS) is 25.2. The summed E-state index contributed by atoms with van der Waals surface area (Å²) in [6.45, 7) is 0. The van der Waals surface area contributed by atoms with Crippen LogP contribution in [0.3, 0.4) is 0 Å². The van der Waals surface area contributed by atoms with Crippen LogP contribution in [0.1, 0.15) is 119 Å². The Balaban J connectivity index is 0.00000210. The second kappa shape index (κ2) is 16.2. The smallest absolute Gasteiger partial charge is 1.00 e. The minimum atomic E-state index is -3.25. The van der Waals surface area contributed by atoms with Crippen LogP contribution in [0, 0.1) is 11.8 Å². The molecule has 3 heteroatoms. The van der Waals surface area contributed by atoms with Gasteiger partial charge in [0.2, 0.25) is 0 Å². The van der Waals surface area contributed by atoms with Crippen LogP contribution in [0.25, 0.3) is 56.0 Å². The van der Waals surface area contributed by atoms with Crippen LogP contribution >= 0.6 is 0 Å². The van der Waals surface area contributed by atoms with Gasteiger partial charge in [0.1, 0.15) is 0 Å². The number of benzene rings is 6. The fourth-order valence-corrected chi connectivity index (χ4v) is 37.5. The molecule has 0 radical (unpaired) electrons. The SMILES string of the molecule is C1=C(C2CCCCC2)[CH]([Zr+2]2([CH]3C(C4CCCCC4)=Cc4c(-c5cccc6ccccc56)cccc43)[CH]3CCCC[CH]32)c2cccc(-c3cccc4ccccc34)c21.[Cl-].[Cl-]. The average Bonchev–Trinajstić information content (AvgIpc) is 3.53. The van der Waals surface area contributed by atoms with Gasteiger partial charge in [-0.15, -0.1) is 0 Å². The van der Waals surface area contributed by atoms with Gasteiger partial charge in [-0.3, -0.25) is 0 Å². The Hall–Kier alpha value is -3.22. The quantitative estimate of drug-likeness (QED) is 0.156. The molecule has 5 aliphatic carbocycles. The van der Waals surface area contributed by atoms with E-state index in [2.05, 4.69) is 133 Å². The van der Waals surface area contributed by atoms with Crippen LogP contribution in [0.4, 0.5) is 0 Å². The van der Waals surface area contributed by atoms with E-state index in [4.69, 9.17) is 0 Å². The van der Waals surface area contributed by atoms with E-state index < -0.39 is 20.3 Å². The van der Waals surface area contributed by atoms with Crippen molar-refractivity contribution in [1.82, 2.24) is 0 Å². The first kappa shape index (κ1) is 39.9. The molecule has 6 aromatic carbocycles. The zero-order valence-electron chi connectivity index (χ0n) is 34.3. The summed E-state index contributed by atoms with van der Waals surface area (Å²) in [7, 11) is 0. The molecule has 12 rings (SSSR count). The largest absolute Gasteiger partial charge is 1.00 e. The van der Waals surface area contributed by atoms with Gasteiger partial charge in [-0.05, 0) is 0 Å². The molecular weight excluding hydrogens is 835 g/mol. The van der Waals surface area contributed by atoms with E-state index in [0.717, 1.165) is 19.1 Å². The van der Waals surface area contributed by atoms with Crippen molar-refractivity contribution >= 4 is 33.7 Å². The van der Waals surface area contributed by atoms with Gasteiger partial charge in [-0.2, -0.15) is 0 Å². The third-order valence-corrected chi connectivity index (χ3v) is 33.3. The molecule has 0 bridgehead atoms. The number of allylic oxidation sites excluding steroid dienone is 2. The molecule has 4 atom stereocenters. The number of fused-ring (bicyclic) bond motifs is 5.